The fraction of sp³-hybridized carbons (Fsp3) is 0.375. The number of likely N-dealkylation sites (tertiary alicyclic amines) is 1. The molecule has 164 valence electrons. The molecule has 0 saturated carbocycles. The van der Waals surface area contributed by atoms with Gasteiger partial charge >= 0.3 is 0 Å². The highest BCUT2D eigenvalue weighted by Gasteiger charge is 2.28. The fourth-order valence-electron chi connectivity index (χ4n) is 4.97. The summed E-state index contributed by atoms with van der Waals surface area (Å²) in [5, 5.41) is 6.01. The molecule has 0 radical (unpaired) electrons. The zero-order valence-electron chi connectivity index (χ0n) is 17.8. The highest BCUT2D eigenvalue weighted by Crippen LogP contribution is 2.36. The minimum atomic E-state index is -0.252. The lowest BCUT2D eigenvalue weighted by molar-refractivity contribution is 0.208. The van der Waals surface area contributed by atoms with E-state index in [0.717, 1.165) is 51.7 Å². The third-order valence-electron chi connectivity index (χ3n) is 6.66. The molecule has 32 heavy (non-hydrogen) atoms. The van der Waals surface area contributed by atoms with Crippen LogP contribution in [0.15, 0.2) is 48.8 Å². The maximum atomic E-state index is 13.5. The van der Waals surface area contributed by atoms with Crippen LogP contribution >= 0.6 is 11.3 Å². The molecule has 2 saturated heterocycles. The van der Waals surface area contributed by atoms with Crippen LogP contribution in [-0.4, -0.2) is 56.7 Å². The quantitative estimate of drug-likeness (QED) is 0.452. The SMILES string of the molecule is Fc1ccc(-c2nc3sc(N4CCC(N5CCCC5)CC4)nn3c2-c2ccncc2)cc1. The molecule has 2 fully saturated rings. The summed E-state index contributed by atoms with van der Waals surface area (Å²) in [4.78, 5) is 15.0. The monoisotopic (exact) mass is 448 g/mol. The molecule has 0 amide bonds. The number of rotatable bonds is 4. The number of pyridine rings is 1. The van der Waals surface area contributed by atoms with Crippen LogP contribution in [0.2, 0.25) is 0 Å². The van der Waals surface area contributed by atoms with Gasteiger partial charge in [-0.05, 0) is 75.2 Å². The Balaban J connectivity index is 1.34. The lowest BCUT2D eigenvalue weighted by Crippen LogP contribution is -2.43. The van der Waals surface area contributed by atoms with Gasteiger partial charge in [0.05, 0.1) is 0 Å². The Morgan fingerprint density at radius 1 is 0.875 bits per heavy atom. The molecule has 2 aliphatic rings. The van der Waals surface area contributed by atoms with Gasteiger partial charge in [-0.3, -0.25) is 4.98 Å². The van der Waals surface area contributed by atoms with Crippen LogP contribution in [0, 0.1) is 5.82 Å². The number of halogens is 1. The van der Waals surface area contributed by atoms with Gasteiger partial charge in [-0.2, -0.15) is 0 Å². The van der Waals surface area contributed by atoms with Crippen LogP contribution < -0.4 is 4.90 Å². The molecule has 0 atom stereocenters. The Labute approximate surface area is 190 Å². The summed E-state index contributed by atoms with van der Waals surface area (Å²) in [5.41, 5.74) is 3.61. The van der Waals surface area contributed by atoms with Crippen molar-refractivity contribution in [1.29, 1.82) is 0 Å². The molecule has 4 aromatic rings. The normalized spacial score (nSPS) is 18.1. The van der Waals surface area contributed by atoms with Crippen molar-refractivity contribution in [2.45, 2.75) is 31.7 Å². The summed E-state index contributed by atoms with van der Waals surface area (Å²) >= 11 is 1.63. The summed E-state index contributed by atoms with van der Waals surface area (Å²) in [6.45, 7) is 4.59. The molecule has 8 heteroatoms. The first-order valence-electron chi connectivity index (χ1n) is 11.3. The number of hydrogen-bond acceptors (Lipinski definition) is 6. The number of piperidine rings is 1. The first-order valence-corrected chi connectivity index (χ1v) is 12.1. The fourth-order valence-corrected chi connectivity index (χ4v) is 5.93. The van der Waals surface area contributed by atoms with Crippen molar-refractivity contribution in [3.8, 4) is 22.5 Å². The molecule has 0 bridgehead atoms. The number of nitrogens with zero attached hydrogens (tertiary/aromatic N) is 6. The van der Waals surface area contributed by atoms with E-state index in [2.05, 4.69) is 14.8 Å². The Morgan fingerprint density at radius 3 is 2.31 bits per heavy atom. The molecule has 5 heterocycles. The Kier molecular flexibility index (Phi) is 5.11. The van der Waals surface area contributed by atoms with Gasteiger partial charge in [-0.15, -0.1) is 5.10 Å². The average molecular weight is 449 g/mol. The smallest absolute Gasteiger partial charge is 0.215 e. The highest BCUT2D eigenvalue weighted by atomic mass is 32.1. The summed E-state index contributed by atoms with van der Waals surface area (Å²) in [6, 6.07) is 11.2. The molecule has 3 aromatic heterocycles. The second-order valence-corrected chi connectivity index (χ2v) is 9.53. The van der Waals surface area contributed by atoms with E-state index in [9.17, 15) is 4.39 Å². The van der Waals surface area contributed by atoms with Gasteiger partial charge in [-0.1, -0.05) is 11.3 Å². The van der Waals surface area contributed by atoms with Gasteiger partial charge in [0.15, 0.2) is 0 Å². The van der Waals surface area contributed by atoms with Crippen molar-refractivity contribution in [1.82, 2.24) is 24.5 Å². The topological polar surface area (TPSA) is 49.6 Å². The van der Waals surface area contributed by atoms with Gasteiger partial charge in [0, 0.05) is 42.7 Å². The van der Waals surface area contributed by atoms with Crippen molar-refractivity contribution in [2.24, 2.45) is 0 Å². The summed E-state index contributed by atoms with van der Waals surface area (Å²) in [7, 11) is 0. The summed E-state index contributed by atoms with van der Waals surface area (Å²) in [5.74, 6) is -0.252. The number of aromatic nitrogens is 4. The van der Waals surface area contributed by atoms with Crippen molar-refractivity contribution in [3.63, 3.8) is 0 Å². The van der Waals surface area contributed by atoms with E-state index in [4.69, 9.17) is 10.1 Å². The minimum Gasteiger partial charge on any atom is -0.347 e. The third kappa shape index (κ3) is 3.57. The standard InChI is InChI=1S/C24H25FN6S/c25-19-5-3-17(4-6-19)21-22(18-7-11-26-12-8-18)31-23(27-21)32-24(28-31)30-15-9-20(10-16-30)29-13-1-2-14-29/h3-8,11-12,20H,1-2,9-10,13-16H2. The van der Waals surface area contributed by atoms with Crippen LogP contribution in [0.4, 0.5) is 9.52 Å². The largest absolute Gasteiger partial charge is 0.347 e. The molecule has 0 spiro atoms. The Bertz CT molecular complexity index is 1200. The van der Waals surface area contributed by atoms with Crippen LogP contribution in [-0.2, 0) is 0 Å². The molecular formula is C24H25FN6S. The number of hydrogen-bond donors (Lipinski definition) is 0. The van der Waals surface area contributed by atoms with E-state index in [1.807, 2.05) is 16.6 Å². The second-order valence-electron chi connectivity index (χ2n) is 8.59. The highest BCUT2D eigenvalue weighted by molar-refractivity contribution is 7.20. The number of fused-ring (bicyclic) bond motifs is 1. The van der Waals surface area contributed by atoms with Crippen LogP contribution in [0.3, 0.4) is 0 Å². The number of benzene rings is 1. The molecule has 6 nitrogen and oxygen atoms in total. The minimum absolute atomic E-state index is 0.252. The second kappa shape index (κ2) is 8.26. The van der Waals surface area contributed by atoms with E-state index in [1.54, 1.807) is 35.9 Å². The van der Waals surface area contributed by atoms with Crippen molar-refractivity contribution in [2.75, 3.05) is 31.1 Å². The molecule has 2 aliphatic heterocycles. The van der Waals surface area contributed by atoms with E-state index in [0.29, 0.717) is 0 Å². The zero-order chi connectivity index (χ0) is 21.5. The van der Waals surface area contributed by atoms with Gasteiger partial charge in [0.25, 0.3) is 0 Å². The third-order valence-corrected chi connectivity index (χ3v) is 7.63. The Morgan fingerprint density at radius 2 is 1.59 bits per heavy atom. The van der Waals surface area contributed by atoms with E-state index in [-0.39, 0.29) is 5.82 Å². The predicted molar refractivity (Wildman–Crippen MR) is 126 cm³/mol. The summed E-state index contributed by atoms with van der Waals surface area (Å²) < 4.78 is 15.4. The maximum Gasteiger partial charge on any atom is 0.215 e. The van der Waals surface area contributed by atoms with Crippen molar-refractivity contribution >= 4 is 21.4 Å². The molecule has 0 unspecified atom stereocenters. The molecular weight excluding hydrogens is 423 g/mol. The van der Waals surface area contributed by atoms with E-state index >= 15 is 0 Å². The summed E-state index contributed by atoms with van der Waals surface area (Å²) in [6.07, 6.45) is 8.63. The Hall–Kier alpha value is -2.84. The number of anilines is 1. The van der Waals surface area contributed by atoms with Gasteiger partial charge in [0.1, 0.15) is 17.2 Å². The lowest BCUT2D eigenvalue weighted by Gasteiger charge is -2.36. The van der Waals surface area contributed by atoms with E-state index < -0.39 is 0 Å². The molecule has 6 rings (SSSR count). The van der Waals surface area contributed by atoms with Crippen molar-refractivity contribution < 1.29 is 4.39 Å². The average Bonchev–Trinajstić information content (AvgIpc) is 3.57. The van der Waals surface area contributed by atoms with Crippen LogP contribution in [0.5, 0.6) is 0 Å². The van der Waals surface area contributed by atoms with Gasteiger partial charge in [0.2, 0.25) is 10.1 Å². The van der Waals surface area contributed by atoms with Crippen LogP contribution in [0.25, 0.3) is 27.5 Å². The first kappa shape index (κ1) is 19.8. The van der Waals surface area contributed by atoms with Crippen LogP contribution in [0.1, 0.15) is 25.7 Å². The zero-order valence-corrected chi connectivity index (χ0v) is 18.6. The maximum absolute atomic E-state index is 13.5. The predicted octanol–water partition coefficient (Wildman–Crippen LogP) is 4.72. The number of imidazole rings is 1. The van der Waals surface area contributed by atoms with Crippen molar-refractivity contribution in [3.05, 3.63) is 54.6 Å². The lowest BCUT2D eigenvalue weighted by atomic mass is 10.0. The van der Waals surface area contributed by atoms with E-state index in [1.165, 1.54) is 50.9 Å². The molecule has 0 N–H and O–H groups in total. The molecule has 1 aromatic carbocycles. The van der Waals surface area contributed by atoms with Gasteiger partial charge in [-0.25, -0.2) is 13.9 Å². The molecule has 0 aliphatic carbocycles. The first-order chi connectivity index (χ1) is 15.8. The van der Waals surface area contributed by atoms with Gasteiger partial charge < -0.3 is 9.80 Å².